The summed E-state index contributed by atoms with van der Waals surface area (Å²) in [6.45, 7) is 0.936. The average Bonchev–Trinajstić information content (AvgIpc) is 3.12. The molecule has 0 fully saturated rings. The normalized spacial score (nSPS) is 16.3. The Bertz CT molecular complexity index is 1090. The first-order valence-corrected chi connectivity index (χ1v) is 9.13. The van der Waals surface area contributed by atoms with Gasteiger partial charge in [-0.2, -0.15) is 0 Å². The number of methoxy groups -OCH3 is 1. The van der Waals surface area contributed by atoms with Crippen LogP contribution in [0.15, 0.2) is 67.0 Å². The first kappa shape index (κ1) is 16.0. The quantitative estimate of drug-likeness (QED) is 0.609. The van der Waals surface area contributed by atoms with Crippen LogP contribution in [-0.4, -0.2) is 28.0 Å². The number of nitrogens with one attached hydrogen (secondary N) is 1. The van der Waals surface area contributed by atoms with Crippen LogP contribution in [0.2, 0.25) is 0 Å². The monoisotopic (exact) mass is 356 g/mol. The molecule has 1 aliphatic rings. The SMILES string of the molecule is COc1ccc(-c2ccc3nc4c(n3c2)C(c2ccccc2)NCC4)cn1. The van der Waals surface area contributed by atoms with Crippen molar-refractivity contribution in [3.63, 3.8) is 0 Å². The zero-order valence-electron chi connectivity index (χ0n) is 15.1. The van der Waals surface area contributed by atoms with Gasteiger partial charge in [0.2, 0.25) is 5.88 Å². The minimum absolute atomic E-state index is 0.147. The van der Waals surface area contributed by atoms with Gasteiger partial charge in [0.05, 0.1) is 24.5 Å². The largest absolute Gasteiger partial charge is 0.481 e. The third-order valence-corrected chi connectivity index (χ3v) is 5.13. The maximum Gasteiger partial charge on any atom is 0.212 e. The van der Waals surface area contributed by atoms with Gasteiger partial charge in [0.1, 0.15) is 5.65 Å². The van der Waals surface area contributed by atoms with E-state index in [1.165, 1.54) is 17.0 Å². The van der Waals surface area contributed by atoms with Gasteiger partial charge in [0.15, 0.2) is 0 Å². The number of hydrogen-bond acceptors (Lipinski definition) is 4. The van der Waals surface area contributed by atoms with Gasteiger partial charge < -0.3 is 14.5 Å². The lowest BCUT2D eigenvalue weighted by molar-refractivity contribution is 0.398. The Hall–Kier alpha value is -3.18. The van der Waals surface area contributed by atoms with Gasteiger partial charge in [-0.3, -0.25) is 0 Å². The van der Waals surface area contributed by atoms with E-state index >= 15 is 0 Å². The molecule has 0 spiro atoms. The third kappa shape index (κ3) is 2.76. The van der Waals surface area contributed by atoms with Gasteiger partial charge in [-0.25, -0.2) is 9.97 Å². The number of hydrogen-bond donors (Lipinski definition) is 1. The highest BCUT2D eigenvalue weighted by Crippen LogP contribution is 2.31. The van der Waals surface area contributed by atoms with Crippen LogP contribution in [0.25, 0.3) is 16.8 Å². The molecule has 1 atom stereocenters. The Balaban J connectivity index is 1.64. The smallest absolute Gasteiger partial charge is 0.212 e. The molecule has 134 valence electrons. The van der Waals surface area contributed by atoms with Crippen LogP contribution in [-0.2, 0) is 6.42 Å². The molecule has 0 saturated heterocycles. The standard InChI is InChI=1S/C22H20N4O/c1-27-20-10-8-16(13-24-20)17-7-9-19-25-18-11-12-23-21(22(18)26(19)14-17)15-5-3-2-4-6-15/h2-10,13-14,21,23H,11-12H2,1H3. The second-order valence-corrected chi connectivity index (χ2v) is 6.73. The van der Waals surface area contributed by atoms with E-state index in [0.29, 0.717) is 5.88 Å². The number of pyridine rings is 2. The van der Waals surface area contributed by atoms with Gasteiger partial charge in [0, 0.05) is 42.6 Å². The van der Waals surface area contributed by atoms with E-state index in [1.54, 1.807) is 7.11 Å². The van der Waals surface area contributed by atoms with Crippen molar-refractivity contribution < 1.29 is 4.74 Å². The summed E-state index contributed by atoms with van der Waals surface area (Å²) >= 11 is 0. The van der Waals surface area contributed by atoms with Crippen LogP contribution >= 0.6 is 0 Å². The highest BCUT2D eigenvalue weighted by molar-refractivity contribution is 5.65. The van der Waals surface area contributed by atoms with E-state index < -0.39 is 0 Å². The van der Waals surface area contributed by atoms with Gasteiger partial charge in [-0.05, 0) is 23.8 Å². The van der Waals surface area contributed by atoms with Crippen LogP contribution in [0.3, 0.4) is 0 Å². The summed E-state index contributed by atoms with van der Waals surface area (Å²) in [6, 6.07) is 18.8. The molecular weight excluding hydrogens is 336 g/mol. The topological polar surface area (TPSA) is 51.5 Å². The maximum absolute atomic E-state index is 5.17. The van der Waals surface area contributed by atoms with Crippen molar-refractivity contribution in [2.24, 2.45) is 0 Å². The number of aromatic nitrogens is 3. The lowest BCUT2D eigenvalue weighted by atomic mass is 9.98. The van der Waals surface area contributed by atoms with E-state index in [0.717, 1.165) is 29.7 Å². The lowest BCUT2D eigenvalue weighted by Gasteiger charge is -2.24. The summed E-state index contributed by atoms with van der Waals surface area (Å²) < 4.78 is 7.39. The van der Waals surface area contributed by atoms with Gasteiger partial charge in [-0.15, -0.1) is 0 Å². The summed E-state index contributed by atoms with van der Waals surface area (Å²) in [5.41, 5.74) is 6.81. The Morgan fingerprint density at radius 2 is 1.89 bits per heavy atom. The Labute approximate surface area is 157 Å². The van der Waals surface area contributed by atoms with E-state index in [2.05, 4.69) is 63.4 Å². The zero-order valence-corrected chi connectivity index (χ0v) is 15.1. The van der Waals surface area contributed by atoms with Crippen molar-refractivity contribution >= 4 is 5.65 Å². The maximum atomic E-state index is 5.17. The number of rotatable bonds is 3. The molecule has 1 unspecified atom stereocenters. The molecule has 1 N–H and O–H groups in total. The summed E-state index contributed by atoms with van der Waals surface area (Å²) in [7, 11) is 1.63. The fourth-order valence-electron chi connectivity index (χ4n) is 3.80. The van der Waals surface area contributed by atoms with Gasteiger partial charge in [-0.1, -0.05) is 30.3 Å². The van der Waals surface area contributed by atoms with Crippen molar-refractivity contribution in [3.05, 3.63) is 83.9 Å². The summed E-state index contributed by atoms with van der Waals surface area (Å²) in [4.78, 5) is 9.21. The molecule has 27 heavy (non-hydrogen) atoms. The number of benzene rings is 1. The molecule has 4 heterocycles. The van der Waals surface area contributed by atoms with Crippen molar-refractivity contribution in [1.82, 2.24) is 19.7 Å². The van der Waals surface area contributed by atoms with E-state index in [1.807, 2.05) is 18.3 Å². The van der Waals surface area contributed by atoms with Crippen molar-refractivity contribution in [3.8, 4) is 17.0 Å². The second kappa shape index (κ2) is 6.52. The fourth-order valence-corrected chi connectivity index (χ4v) is 3.80. The molecule has 0 saturated carbocycles. The number of imidazole rings is 1. The molecule has 5 heteroatoms. The van der Waals surface area contributed by atoms with E-state index in [-0.39, 0.29) is 6.04 Å². The number of fused-ring (bicyclic) bond motifs is 3. The third-order valence-electron chi connectivity index (χ3n) is 5.13. The fraction of sp³-hybridized carbons (Fsp3) is 0.182. The zero-order chi connectivity index (χ0) is 18.2. The molecule has 0 bridgehead atoms. The van der Waals surface area contributed by atoms with Crippen LogP contribution in [0.4, 0.5) is 0 Å². The molecule has 0 amide bonds. The average molecular weight is 356 g/mol. The Morgan fingerprint density at radius 1 is 1.04 bits per heavy atom. The molecular formula is C22H20N4O. The van der Waals surface area contributed by atoms with Gasteiger partial charge >= 0.3 is 0 Å². The van der Waals surface area contributed by atoms with Crippen LogP contribution in [0.1, 0.15) is 23.0 Å². The highest BCUT2D eigenvalue weighted by Gasteiger charge is 2.26. The van der Waals surface area contributed by atoms with Crippen LogP contribution in [0.5, 0.6) is 5.88 Å². The minimum Gasteiger partial charge on any atom is -0.481 e. The Morgan fingerprint density at radius 3 is 2.67 bits per heavy atom. The predicted octanol–water partition coefficient (Wildman–Crippen LogP) is 3.64. The second-order valence-electron chi connectivity index (χ2n) is 6.73. The molecule has 1 aliphatic heterocycles. The van der Waals surface area contributed by atoms with E-state index in [9.17, 15) is 0 Å². The summed E-state index contributed by atoms with van der Waals surface area (Å²) in [5, 5.41) is 3.65. The van der Waals surface area contributed by atoms with Crippen molar-refractivity contribution in [2.45, 2.75) is 12.5 Å². The summed E-state index contributed by atoms with van der Waals surface area (Å²) in [5.74, 6) is 0.619. The minimum atomic E-state index is 0.147. The van der Waals surface area contributed by atoms with Crippen LogP contribution in [0, 0.1) is 0 Å². The predicted molar refractivity (Wildman–Crippen MR) is 105 cm³/mol. The molecule has 0 radical (unpaired) electrons. The van der Waals surface area contributed by atoms with Crippen molar-refractivity contribution in [2.75, 3.05) is 13.7 Å². The molecule has 5 nitrogen and oxygen atoms in total. The van der Waals surface area contributed by atoms with Gasteiger partial charge in [0.25, 0.3) is 0 Å². The molecule has 0 aliphatic carbocycles. The summed E-state index contributed by atoms with van der Waals surface area (Å²) in [6.07, 6.45) is 4.95. The molecule has 1 aromatic carbocycles. The lowest BCUT2D eigenvalue weighted by Crippen LogP contribution is -2.31. The first-order valence-electron chi connectivity index (χ1n) is 9.13. The van der Waals surface area contributed by atoms with E-state index in [4.69, 9.17) is 9.72 Å². The highest BCUT2D eigenvalue weighted by atomic mass is 16.5. The first-order chi connectivity index (χ1) is 13.3. The molecule has 5 rings (SSSR count). The molecule has 4 aromatic rings. The Kier molecular flexibility index (Phi) is 3.87. The number of ether oxygens (including phenoxy) is 1. The van der Waals surface area contributed by atoms with Crippen molar-refractivity contribution in [1.29, 1.82) is 0 Å². The number of nitrogens with zero attached hydrogens (tertiary/aromatic N) is 3. The van der Waals surface area contributed by atoms with Crippen LogP contribution < -0.4 is 10.1 Å². The molecule has 3 aromatic heterocycles.